The molecule has 0 spiro atoms. The fourth-order valence-electron chi connectivity index (χ4n) is 1.93. The average molecular weight is 270 g/mol. The van der Waals surface area contributed by atoms with E-state index in [1.54, 1.807) is 0 Å². The first kappa shape index (κ1) is 15.1. The highest BCUT2D eigenvalue weighted by Gasteiger charge is 2.10. The van der Waals surface area contributed by atoms with Crippen molar-refractivity contribution in [1.29, 1.82) is 0 Å². The second-order valence-electron chi connectivity index (χ2n) is 4.56. The van der Waals surface area contributed by atoms with Gasteiger partial charge in [0.05, 0.1) is 5.75 Å². The number of sulfonamides is 1. The van der Waals surface area contributed by atoms with Gasteiger partial charge in [0.15, 0.2) is 0 Å². The van der Waals surface area contributed by atoms with Crippen LogP contribution in [0.2, 0.25) is 0 Å². The number of hydrogen-bond donors (Lipinski definition) is 2. The zero-order valence-electron chi connectivity index (χ0n) is 11.4. The highest BCUT2D eigenvalue weighted by Crippen LogP contribution is 2.18. The summed E-state index contributed by atoms with van der Waals surface area (Å²) in [5, 5.41) is 3.23. The van der Waals surface area contributed by atoms with Gasteiger partial charge < -0.3 is 5.32 Å². The van der Waals surface area contributed by atoms with E-state index in [4.69, 9.17) is 0 Å². The Balaban J connectivity index is 2.58. The lowest BCUT2D eigenvalue weighted by Crippen LogP contribution is -2.31. The molecule has 0 heterocycles. The number of aryl methyl sites for hydroxylation is 2. The molecule has 0 amide bonds. The van der Waals surface area contributed by atoms with Gasteiger partial charge in [0.2, 0.25) is 10.0 Å². The maximum atomic E-state index is 11.3. The quantitative estimate of drug-likeness (QED) is 0.823. The Morgan fingerprint density at radius 2 is 1.94 bits per heavy atom. The Kier molecular flexibility index (Phi) is 5.31. The number of nitrogens with one attached hydrogen (secondary N) is 2. The van der Waals surface area contributed by atoms with Crippen molar-refractivity contribution in [2.45, 2.75) is 26.8 Å². The normalized spacial score (nSPS) is 13.6. The molecule has 0 aliphatic rings. The Labute approximate surface area is 110 Å². The highest BCUT2D eigenvalue weighted by molar-refractivity contribution is 7.89. The first-order chi connectivity index (χ1) is 8.35. The molecule has 1 atom stereocenters. The second-order valence-corrected chi connectivity index (χ2v) is 6.60. The smallest absolute Gasteiger partial charge is 0.212 e. The van der Waals surface area contributed by atoms with Crippen LogP contribution in [0.1, 0.15) is 29.7 Å². The van der Waals surface area contributed by atoms with Crippen LogP contribution in [0.25, 0.3) is 0 Å². The summed E-state index contributed by atoms with van der Waals surface area (Å²) in [7, 11) is -1.69. The molecular weight excluding hydrogens is 248 g/mol. The summed E-state index contributed by atoms with van der Waals surface area (Å²) < 4.78 is 24.9. The lowest BCUT2D eigenvalue weighted by molar-refractivity contribution is 0.566. The molecule has 0 saturated carbocycles. The number of hydrogen-bond acceptors (Lipinski definition) is 3. The van der Waals surface area contributed by atoms with Gasteiger partial charge in [0, 0.05) is 12.6 Å². The van der Waals surface area contributed by atoms with Gasteiger partial charge in [-0.25, -0.2) is 13.1 Å². The third-order valence-corrected chi connectivity index (χ3v) is 4.39. The van der Waals surface area contributed by atoms with Crippen LogP contribution < -0.4 is 10.0 Å². The van der Waals surface area contributed by atoms with Crippen molar-refractivity contribution in [2.24, 2.45) is 0 Å². The lowest BCUT2D eigenvalue weighted by atomic mass is 10.0. The highest BCUT2D eigenvalue weighted by atomic mass is 32.2. The summed E-state index contributed by atoms with van der Waals surface area (Å²) in [5.74, 6) is 0.0960. The summed E-state index contributed by atoms with van der Waals surface area (Å²) in [6.07, 6.45) is 0. The van der Waals surface area contributed by atoms with Gasteiger partial charge >= 0.3 is 0 Å². The van der Waals surface area contributed by atoms with Gasteiger partial charge in [-0.1, -0.05) is 23.8 Å². The van der Waals surface area contributed by atoms with Crippen molar-refractivity contribution in [1.82, 2.24) is 10.0 Å². The van der Waals surface area contributed by atoms with Gasteiger partial charge in [-0.3, -0.25) is 0 Å². The molecule has 0 aromatic heterocycles. The minimum atomic E-state index is -3.13. The van der Waals surface area contributed by atoms with Gasteiger partial charge in [0.1, 0.15) is 0 Å². The van der Waals surface area contributed by atoms with E-state index in [1.807, 2.05) is 6.92 Å². The average Bonchev–Trinajstić information content (AvgIpc) is 2.28. The van der Waals surface area contributed by atoms with E-state index in [9.17, 15) is 8.42 Å². The fraction of sp³-hybridized carbons (Fsp3) is 0.538. The molecule has 0 fully saturated rings. The summed E-state index contributed by atoms with van der Waals surface area (Å²) in [6.45, 7) is 6.63. The van der Waals surface area contributed by atoms with E-state index in [0.717, 1.165) is 0 Å². The third-order valence-electron chi connectivity index (χ3n) is 3.02. The molecule has 5 heteroatoms. The van der Waals surface area contributed by atoms with Crippen molar-refractivity contribution in [3.63, 3.8) is 0 Å². The van der Waals surface area contributed by atoms with Crippen molar-refractivity contribution >= 4 is 10.0 Å². The topological polar surface area (TPSA) is 58.2 Å². The summed E-state index contributed by atoms with van der Waals surface area (Å²) in [5.41, 5.74) is 3.68. The van der Waals surface area contributed by atoms with Crippen molar-refractivity contribution in [3.8, 4) is 0 Å². The fourth-order valence-corrected chi connectivity index (χ4v) is 2.52. The van der Waals surface area contributed by atoms with Gasteiger partial charge in [0.25, 0.3) is 0 Å². The predicted octanol–water partition coefficient (Wildman–Crippen LogP) is 1.50. The molecule has 0 radical (unpaired) electrons. The molecule has 1 rings (SSSR count). The molecule has 0 bridgehead atoms. The van der Waals surface area contributed by atoms with Gasteiger partial charge in [-0.15, -0.1) is 0 Å². The second kappa shape index (κ2) is 6.31. The number of rotatable bonds is 6. The van der Waals surface area contributed by atoms with Crippen LogP contribution in [-0.2, 0) is 10.0 Å². The van der Waals surface area contributed by atoms with E-state index in [2.05, 4.69) is 42.1 Å². The van der Waals surface area contributed by atoms with Crippen LogP contribution in [0.4, 0.5) is 0 Å². The maximum absolute atomic E-state index is 11.3. The van der Waals surface area contributed by atoms with Crippen LogP contribution in [0.3, 0.4) is 0 Å². The molecule has 0 aliphatic heterocycles. The zero-order valence-corrected chi connectivity index (χ0v) is 12.3. The molecule has 1 unspecified atom stereocenters. The first-order valence-electron chi connectivity index (χ1n) is 6.07. The van der Waals surface area contributed by atoms with Crippen molar-refractivity contribution in [2.75, 3.05) is 19.3 Å². The van der Waals surface area contributed by atoms with Crippen LogP contribution in [-0.4, -0.2) is 27.8 Å². The Hall–Kier alpha value is -0.910. The molecule has 0 saturated heterocycles. The van der Waals surface area contributed by atoms with Crippen molar-refractivity contribution < 1.29 is 8.42 Å². The Bertz CT molecular complexity index is 498. The standard InChI is InChI=1S/C13H22N2O2S/c1-10-5-6-13(11(2)9-10)12(3)15-7-8-18(16,17)14-4/h5-6,9,12,14-15H,7-8H2,1-4H3. The molecular formula is C13H22N2O2S. The zero-order chi connectivity index (χ0) is 13.8. The minimum absolute atomic E-state index is 0.0960. The predicted molar refractivity (Wildman–Crippen MR) is 75.2 cm³/mol. The van der Waals surface area contributed by atoms with E-state index in [-0.39, 0.29) is 11.8 Å². The van der Waals surface area contributed by atoms with Crippen LogP contribution in [0.5, 0.6) is 0 Å². The molecule has 102 valence electrons. The molecule has 18 heavy (non-hydrogen) atoms. The van der Waals surface area contributed by atoms with Crippen LogP contribution in [0, 0.1) is 13.8 Å². The van der Waals surface area contributed by atoms with Crippen LogP contribution >= 0.6 is 0 Å². The SMILES string of the molecule is CNS(=O)(=O)CCNC(C)c1ccc(C)cc1C. The van der Waals surface area contributed by atoms with E-state index < -0.39 is 10.0 Å². The Morgan fingerprint density at radius 1 is 1.28 bits per heavy atom. The van der Waals surface area contributed by atoms with Crippen LogP contribution in [0.15, 0.2) is 18.2 Å². The number of benzene rings is 1. The summed E-state index contributed by atoms with van der Waals surface area (Å²) >= 11 is 0. The first-order valence-corrected chi connectivity index (χ1v) is 7.72. The molecule has 1 aromatic rings. The van der Waals surface area contributed by atoms with E-state index in [1.165, 1.54) is 23.7 Å². The molecule has 4 nitrogen and oxygen atoms in total. The molecule has 2 N–H and O–H groups in total. The summed E-state index contributed by atoms with van der Waals surface area (Å²) in [4.78, 5) is 0. The van der Waals surface area contributed by atoms with Crippen molar-refractivity contribution in [3.05, 3.63) is 34.9 Å². The summed E-state index contributed by atoms with van der Waals surface area (Å²) in [6, 6.07) is 6.45. The third kappa shape index (κ3) is 4.40. The monoisotopic (exact) mass is 270 g/mol. The lowest BCUT2D eigenvalue weighted by Gasteiger charge is -2.17. The molecule has 1 aromatic carbocycles. The van der Waals surface area contributed by atoms with E-state index in [0.29, 0.717) is 6.54 Å². The van der Waals surface area contributed by atoms with Gasteiger partial charge in [-0.05, 0) is 38.9 Å². The van der Waals surface area contributed by atoms with Gasteiger partial charge in [-0.2, -0.15) is 0 Å². The minimum Gasteiger partial charge on any atom is -0.309 e. The maximum Gasteiger partial charge on any atom is 0.212 e. The van der Waals surface area contributed by atoms with E-state index >= 15 is 0 Å². The largest absolute Gasteiger partial charge is 0.309 e. The Morgan fingerprint density at radius 3 is 2.50 bits per heavy atom. The molecule has 0 aliphatic carbocycles.